The number of nitrogens with one attached hydrogen (secondary N) is 9. The molecule has 1 fully saturated rings. The van der Waals surface area contributed by atoms with Gasteiger partial charge in [-0.15, -0.1) is 0 Å². The van der Waals surface area contributed by atoms with Crippen LogP contribution in [-0.2, 0) is 70.4 Å². The third-order valence-electron chi connectivity index (χ3n) is 16.1. The highest BCUT2D eigenvalue weighted by Gasteiger charge is 2.36. The molecule has 37 nitrogen and oxygen atoms in total. The Morgan fingerprint density at radius 1 is 0.515 bits per heavy atom. The number of guanidine groups is 2. The smallest absolute Gasteiger partial charge is 0.317 e. The number of amides is 9. The van der Waals surface area contributed by atoms with Gasteiger partial charge in [-0.25, -0.2) is 4.98 Å². The molecule has 0 bridgehead atoms. The third-order valence-corrected chi connectivity index (χ3v) is 16.1. The number of hydrogen-bond donors (Lipinski definition) is 18. The number of carboxylic acids is 3. The van der Waals surface area contributed by atoms with Gasteiger partial charge >= 0.3 is 17.9 Å². The lowest BCUT2D eigenvalue weighted by Gasteiger charge is -2.33. The van der Waals surface area contributed by atoms with Gasteiger partial charge in [0.1, 0.15) is 48.3 Å². The first kappa shape index (κ1) is 83.6. The van der Waals surface area contributed by atoms with Crippen molar-refractivity contribution in [3.05, 3.63) is 54.1 Å². The van der Waals surface area contributed by atoms with E-state index in [1.165, 1.54) is 19.4 Å². The first-order chi connectivity index (χ1) is 46.9. The van der Waals surface area contributed by atoms with Gasteiger partial charge in [0, 0.05) is 90.2 Å². The van der Waals surface area contributed by atoms with Crippen molar-refractivity contribution in [3.63, 3.8) is 0 Å². The van der Waals surface area contributed by atoms with Gasteiger partial charge < -0.3 is 97.2 Å². The number of carboxylic acid groups (broad SMARTS) is 3. The molecule has 1 aliphatic heterocycles. The van der Waals surface area contributed by atoms with Gasteiger partial charge in [0.2, 0.25) is 53.2 Å². The molecule has 9 atom stereocenters. The van der Waals surface area contributed by atoms with E-state index in [0.717, 1.165) is 5.56 Å². The van der Waals surface area contributed by atoms with Crippen LogP contribution in [0.5, 0.6) is 0 Å². The summed E-state index contributed by atoms with van der Waals surface area (Å²) in [6.45, 7) is 7.74. The zero-order valence-electron chi connectivity index (χ0n) is 57.1. The molecule has 1 aromatic heterocycles. The molecule has 0 spiro atoms. The minimum atomic E-state index is -1.46. The van der Waals surface area contributed by atoms with Crippen LogP contribution in [0.2, 0.25) is 0 Å². The average molecular weight is 1400 g/mol. The lowest BCUT2D eigenvalue weighted by molar-refractivity contribution is -0.140. The molecule has 0 aliphatic carbocycles. The van der Waals surface area contributed by atoms with Crippen LogP contribution in [0.1, 0.15) is 90.8 Å². The molecule has 1 saturated heterocycles. The molecule has 37 heteroatoms. The molecular formula is C62H104N22O15. The number of aliphatic imine (C=N–C) groups is 2. The van der Waals surface area contributed by atoms with Gasteiger partial charge in [0.25, 0.3) is 0 Å². The number of hydrogen-bond acceptors (Lipinski definition) is 20. The number of nitrogens with zero attached hydrogens (tertiary/aromatic N) is 7. The standard InChI is InChI=1S/C62H104N22O15/c1-6-38(4)52(60(99)78-45(53(64)92)29-40-12-8-7-9-13-40)80-59(98)46(28-37(2)3)79-56(95)43(15-11-19-71-62(67)68)76-55(94)42(14-10-18-70-61(65)66)77-57(96)44(16-17-63)75-54(93)39(5)73-58(97)47(30-41-31-69-36-72-41)74-48(85)32-81-20-22-82(33-49(86)87)24-26-84(35-51(90)91)27-25-83(23-21-81)34-50(88)89/h7-9,12-13,31,36-39,42-47,52H,6,10-11,14-30,32-35,63H2,1-5H3,(H2,64,92)(H,69,72)(H,73,97)(H,74,85)(H,75,93)(H,76,94)(H,77,96)(H,78,99)(H,79,95)(H,80,98)(H,86,87)(H,88,89)(H,90,91)(H4,65,66,70)(H4,67,68,71)/t38-,39-,42-,43-,44?,45-,46-,47-,52-/m0/s1. The summed E-state index contributed by atoms with van der Waals surface area (Å²) in [5, 5.41) is 50.3. The van der Waals surface area contributed by atoms with Crippen LogP contribution in [0, 0.1) is 11.8 Å². The quantitative estimate of drug-likeness (QED) is 0.0167. The van der Waals surface area contributed by atoms with Crippen LogP contribution in [0.15, 0.2) is 52.8 Å². The molecule has 552 valence electrons. The van der Waals surface area contributed by atoms with E-state index in [4.69, 9.17) is 34.4 Å². The highest BCUT2D eigenvalue weighted by atomic mass is 16.4. The summed E-state index contributed by atoms with van der Waals surface area (Å²) >= 11 is 0. The van der Waals surface area contributed by atoms with Crippen LogP contribution >= 0.6 is 0 Å². The van der Waals surface area contributed by atoms with Gasteiger partial charge in [0.05, 0.1) is 32.5 Å². The van der Waals surface area contributed by atoms with Crippen molar-refractivity contribution < 1.29 is 72.9 Å². The second-order valence-electron chi connectivity index (χ2n) is 24.8. The second kappa shape index (κ2) is 44.4. The molecule has 1 aliphatic rings. The number of carbonyl (C=O) groups is 12. The fraction of sp³-hybridized carbons (Fsp3) is 0.629. The highest BCUT2D eigenvalue weighted by Crippen LogP contribution is 2.15. The fourth-order valence-electron chi connectivity index (χ4n) is 10.5. The lowest BCUT2D eigenvalue weighted by Crippen LogP contribution is -2.61. The van der Waals surface area contributed by atoms with Crippen molar-refractivity contribution in [1.29, 1.82) is 0 Å². The summed E-state index contributed by atoms with van der Waals surface area (Å²) in [5.41, 5.74) is 35.1. The second-order valence-corrected chi connectivity index (χ2v) is 24.8. The Morgan fingerprint density at radius 3 is 1.35 bits per heavy atom. The Kier molecular flexibility index (Phi) is 37.5. The van der Waals surface area contributed by atoms with Crippen LogP contribution in [-0.4, -0.2) is 274 Å². The average Bonchev–Trinajstić information content (AvgIpc) is 0.933. The first-order valence-electron chi connectivity index (χ1n) is 33.0. The zero-order valence-corrected chi connectivity index (χ0v) is 57.1. The van der Waals surface area contributed by atoms with Crippen molar-refractivity contribution in [2.75, 3.05) is 98.2 Å². The number of carbonyl (C=O) groups excluding carboxylic acids is 9. The minimum Gasteiger partial charge on any atom is -0.480 e. The molecule has 1 aromatic carbocycles. The molecule has 2 aromatic rings. The summed E-state index contributed by atoms with van der Waals surface area (Å²) in [6, 6.07) is -1.83. The largest absolute Gasteiger partial charge is 0.480 e. The van der Waals surface area contributed by atoms with E-state index in [1.54, 1.807) is 77.6 Å². The molecule has 0 radical (unpaired) electrons. The van der Waals surface area contributed by atoms with Gasteiger partial charge in [-0.05, 0) is 69.4 Å². The normalized spacial score (nSPS) is 16.3. The van der Waals surface area contributed by atoms with Gasteiger partial charge in [-0.1, -0.05) is 64.4 Å². The Labute approximate surface area is 575 Å². The van der Waals surface area contributed by atoms with E-state index in [1.807, 2.05) is 0 Å². The number of aliphatic carboxylic acids is 3. The van der Waals surface area contributed by atoms with E-state index >= 15 is 0 Å². The molecule has 9 amide bonds. The Hall–Kier alpha value is -9.59. The summed E-state index contributed by atoms with van der Waals surface area (Å²) in [5.74, 6) is -11.9. The molecule has 0 saturated carbocycles. The summed E-state index contributed by atoms with van der Waals surface area (Å²) in [7, 11) is 0. The Bertz CT molecular complexity index is 2970. The van der Waals surface area contributed by atoms with Crippen molar-refractivity contribution in [2.45, 2.75) is 141 Å². The van der Waals surface area contributed by atoms with Gasteiger partial charge in [-0.3, -0.25) is 87.1 Å². The molecule has 24 N–H and O–H groups in total. The van der Waals surface area contributed by atoms with Gasteiger partial charge in [-0.2, -0.15) is 0 Å². The maximum absolute atomic E-state index is 14.6. The van der Waals surface area contributed by atoms with Crippen molar-refractivity contribution in [2.24, 2.45) is 56.2 Å². The number of benzene rings is 1. The predicted molar refractivity (Wildman–Crippen MR) is 364 cm³/mol. The fourth-order valence-corrected chi connectivity index (χ4v) is 10.5. The number of aromatic nitrogens is 2. The maximum Gasteiger partial charge on any atom is 0.317 e. The van der Waals surface area contributed by atoms with E-state index in [-0.39, 0.29) is 154 Å². The van der Waals surface area contributed by atoms with Crippen LogP contribution in [0.3, 0.4) is 0 Å². The van der Waals surface area contributed by atoms with E-state index in [2.05, 4.69) is 62.5 Å². The van der Waals surface area contributed by atoms with Gasteiger partial charge in [0.15, 0.2) is 11.9 Å². The number of H-pyrrole nitrogens is 1. The van der Waals surface area contributed by atoms with Crippen LogP contribution < -0.4 is 76.9 Å². The molecule has 1 unspecified atom stereocenters. The topological polar surface area (TPSA) is 584 Å². The molecular weight excluding hydrogens is 1290 g/mol. The number of aromatic amines is 1. The number of rotatable bonds is 42. The minimum absolute atomic E-state index is 0.00720. The number of imidazole rings is 1. The van der Waals surface area contributed by atoms with E-state index in [0.29, 0.717) is 12.1 Å². The Balaban J connectivity index is 1.88. The van der Waals surface area contributed by atoms with Crippen LogP contribution in [0.25, 0.3) is 0 Å². The van der Waals surface area contributed by atoms with Crippen molar-refractivity contribution in [1.82, 2.24) is 72.1 Å². The van der Waals surface area contributed by atoms with Crippen molar-refractivity contribution >= 4 is 83.0 Å². The summed E-state index contributed by atoms with van der Waals surface area (Å²) in [6.07, 6.45) is 2.89. The zero-order chi connectivity index (χ0) is 73.7. The Morgan fingerprint density at radius 2 is 0.939 bits per heavy atom. The maximum atomic E-state index is 14.6. The SMILES string of the molecule is CC[C@H](C)[C@H](NC(=O)[C@H](CC(C)C)NC(=O)[C@H](CCCN=C(N)N)NC(=O)[C@H](CCCN=C(N)N)NC(=O)C(CCN)NC(=O)[C@H](C)NC(=O)[C@H](Cc1cnc[nH]1)NC(=O)CN1CCN(CC(=O)O)CCN(CC(=O)O)CCN(CC(=O)O)CC1)C(=O)N[C@@H](Cc1ccccc1)C(N)=O. The molecule has 2 heterocycles. The first-order valence-corrected chi connectivity index (χ1v) is 33.0. The summed E-state index contributed by atoms with van der Waals surface area (Å²) < 4.78 is 0. The summed E-state index contributed by atoms with van der Waals surface area (Å²) in [4.78, 5) is 183. The molecule has 3 rings (SSSR count). The predicted octanol–water partition coefficient (Wildman–Crippen LogP) is -6.40. The van der Waals surface area contributed by atoms with Crippen molar-refractivity contribution in [3.8, 4) is 0 Å². The third kappa shape index (κ3) is 33.5. The monoisotopic (exact) mass is 1400 g/mol. The van der Waals surface area contributed by atoms with E-state index < -0.39 is 138 Å². The number of primary amides is 1. The lowest BCUT2D eigenvalue weighted by atomic mass is 9.95. The van der Waals surface area contributed by atoms with E-state index in [9.17, 15) is 72.9 Å². The number of nitrogens with two attached hydrogens (primary N) is 6. The molecule has 99 heavy (non-hydrogen) atoms. The highest BCUT2D eigenvalue weighted by molar-refractivity contribution is 5.98. The van der Waals surface area contributed by atoms with Crippen LogP contribution in [0.4, 0.5) is 0 Å².